The Morgan fingerprint density at radius 3 is 1.56 bits per heavy atom. The van der Waals surface area contributed by atoms with Crippen molar-refractivity contribution in [1.29, 1.82) is 0 Å². The van der Waals surface area contributed by atoms with E-state index in [0.717, 1.165) is 55.5 Å². The van der Waals surface area contributed by atoms with Crippen LogP contribution in [0.15, 0.2) is 221 Å². The molecule has 2 spiro atoms. The molecule has 2 saturated carbocycles. The first-order chi connectivity index (χ1) is 55.5. The Balaban J connectivity index is 0.000000130. The lowest BCUT2D eigenvalue weighted by molar-refractivity contribution is -0.132. The third-order valence-corrected chi connectivity index (χ3v) is 22.2. The van der Waals surface area contributed by atoms with Crippen LogP contribution in [-0.2, 0) is 25.5 Å². The molecule has 580 valence electrons. The highest BCUT2D eigenvalue weighted by molar-refractivity contribution is 6.10. The van der Waals surface area contributed by atoms with E-state index in [1.807, 2.05) is 117 Å². The van der Waals surface area contributed by atoms with Crippen LogP contribution in [0.25, 0.3) is 50.3 Å². The van der Waals surface area contributed by atoms with Gasteiger partial charge in [-0.15, -0.1) is 0 Å². The Morgan fingerprint density at radius 2 is 1.03 bits per heavy atom. The molecule has 2 bridgehead atoms. The number of aromatic nitrogens is 12. The maximum absolute atomic E-state index is 13.3. The maximum Gasteiger partial charge on any atom is 0.410 e. The molecule has 6 aliphatic rings. The van der Waals surface area contributed by atoms with Crippen LogP contribution in [0.1, 0.15) is 138 Å². The van der Waals surface area contributed by atoms with Crippen molar-refractivity contribution in [3.8, 4) is 33.8 Å². The summed E-state index contributed by atoms with van der Waals surface area (Å²) < 4.78 is 11.4. The number of Topliss-reactive ketones (excluding diaryl/α,β-unsaturated/α-hetero) is 1. The van der Waals surface area contributed by atoms with E-state index in [9.17, 15) is 33.6 Å². The molecule has 4 aliphatic heterocycles. The van der Waals surface area contributed by atoms with E-state index in [1.54, 1.807) is 120 Å². The molecule has 4 unspecified atom stereocenters. The lowest BCUT2D eigenvalue weighted by Crippen LogP contribution is -2.53. The number of hydrogen-bond acceptors (Lipinski definition) is 20. The molecule has 2 aliphatic carbocycles. The fourth-order valence-corrected chi connectivity index (χ4v) is 16.4. The Kier molecular flexibility index (Phi) is 19.7. The average molecular weight is 1540 g/mol. The zero-order chi connectivity index (χ0) is 80.2. The highest BCUT2D eigenvalue weighted by Gasteiger charge is 2.58. The molecule has 6 fully saturated rings. The molecule has 115 heavy (non-hydrogen) atoms. The van der Waals surface area contributed by atoms with Gasteiger partial charge in [0.1, 0.15) is 91.8 Å². The Bertz CT molecular complexity index is 5870. The van der Waals surface area contributed by atoms with Crippen LogP contribution in [0.3, 0.4) is 0 Å². The minimum absolute atomic E-state index is 0.0513. The number of nitrogens with zero attached hydrogens (tertiary/aromatic N) is 16. The van der Waals surface area contributed by atoms with Crippen molar-refractivity contribution in [3.63, 3.8) is 0 Å². The number of ether oxygens (including phenoxy) is 1. The van der Waals surface area contributed by atoms with Crippen LogP contribution in [0, 0.1) is 10.8 Å². The molecule has 13 heterocycles. The van der Waals surface area contributed by atoms with Gasteiger partial charge in [-0.2, -0.15) is 0 Å². The number of pyridine rings is 3. The van der Waals surface area contributed by atoms with Gasteiger partial charge >= 0.3 is 6.09 Å². The molecule has 8 N–H and O–H groups in total. The van der Waals surface area contributed by atoms with Crippen molar-refractivity contribution in [2.75, 3.05) is 47.5 Å². The van der Waals surface area contributed by atoms with Gasteiger partial charge in [-0.25, -0.2) is 44.7 Å². The van der Waals surface area contributed by atoms with Gasteiger partial charge in [0.2, 0.25) is 17.7 Å². The van der Waals surface area contributed by atoms with Gasteiger partial charge < -0.3 is 52.2 Å². The van der Waals surface area contributed by atoms with Gasteiger partial charge in [-0.05, 0) is 149 Å². The van der Waals surface area contributed by atoms with Crippen molar-refractivity contribution in [2.24, 2.45) is 10.8 Å². The smallest absolute Gasteiger partial charge is 0.410 e. The molecule has 0 radical (unpaired) electrons. The molecule has 18 rings (SSSR count). The minimum Gasteiger partial charge on any atom is -0.444 e. The second-order valence-electron chi connectivity index (χ2n) is 30.8. The number of carbonyl (C=O) groups excluding carboxylic acids is 7. The predicted molar refractivity (Wildman–Crippen MR) is 432 cm³/mol. The second-order valence-corrected chi connectivity index (χ2v) is 30.8. The number of likely N-dealkylation sites (tertiary alicyclic amines) is 4. The number of nitrogens with two attached hydrogens (primary N) is 3. The number of fused-ring (bicyclic) bond motifs is 5. The standard InChI is InChI=1S/C32H33N7O4.2C27H25N7O2/c1-5-25(41)39-22-17-23(38(18-22)31(42)43-32(2,3)4)27(39)30-36-26(28-29(33)35-14-15-37(28)30)20-11-9-19(10-12-20)24(40)16-21-8-6-7-13-34-21;1-2-21(35)34-16-27(9-10-27)15-19(34)25-32-22(23-24(28)30-12-13-33(23)25)17-6-5-7-18(14-17)26(36)31-20-8-3-4-11-29-20;1-2-21(35)34-16-27(10-11-27)15-19(34)25-32-22(23-24(28)30-13-14-33(23)25)17-7-3-4-8-18(17)26(36)31-20-9-5-6-12-29-20/h5-15,22-23,27H,1,16-18H2,2-4H3,(H2,33,35);2-8,11-14,19H,1,9-10,15-16H2,(H2,28,30)(H,29,31,36);2-9,12-14,19H,1,10-11,15-16H2,(H2,28,30)(H,29,31,36)/t22?,23-,27?;;/m0../s1. The van der Waals surface area contributed by atoms with Crippen molar-refractivity contribution < 1.29 is 38.3 Å². The molecule has 9 aromatic heterocycles. The van der Waals surface area contributed by atoms with E-state index in [0.29, 0.717) is 123 Å². The van der Waals surface area contributed by atoms with Crippen molar-refractivity contribution in [3.05, 3.63) is 261 Å². The number of imidazole rings is 3. The number of hydrogen-bond donors (Lipinski definition) is 5. The first kappa shape index (κ1) is 74.9. The van der Waals surface area contributed by atoms with Gasteiger partial charge in [0.05, 0.1) is 30.6 Å². The zero-order valence-corrected chi connectivity index (χ0v) is 63.5. The monoisotopic (exact) mass is 1540 g/mol. The second kappa shape index (κ2) is 30.2. The summed E-state index contributed by atoms with van der Waals surface area (Å²) in [4.78, 5) is 139. The van der Waals surface area contributed by atoms with E-state index in [1.165, 1.54) is 18.2 Å². The molecular formula is C86H83N21O8. The molecule has 6 amide bonds. The fraction of sp³-hybridized carbons (Fsp3) is 0.256. The number of benzene rings is 3. The summed E-state index contributed by atoms with van der Waals surface area (Å²) in [6.07, 6.45) is 25.6. The third-order valence-electron chi connectivity index (χ3n) is 22.2. The minimum atomic E-state index is -0.663. The van der Waals surface area contributed by atoms with Crippen molar-refractivity contribution >= 4 is 87.1 Å². The van der Waals surface area contributed by atoms with Gasteiger partial charge in [-0.1, -0.05) is 92.5 Å². The summed E-state index contributed by atoms with van der Waals surface area (Å²) in [5.74, 6) is 2.71. The van der Waals surface area contributed by atoms with Crippen LogP contribution in [0.2, 0.25) is 0 Å². The summed E-state index contributed by atoms with van der Waals surface area (Å²) in [6.45, 7) is 18.3. The highest BCUT2D eigenvalue weighted by atomic mass is 16.6. The van der Waals surface area contributed by atoms with E-state index < -0.39 is 17.7 Å². The van der Waals surface area contributed by atoms with Gasteiger partial charge in [-0.3, -0.25) is 47.0 Å². The number of anilines is 5. The van der Waals surface area contributed by atoms with Crippen molar-refractivity contribution in [1.82, 2.24) is 77.7 Å². The molecule has 29 heteroatoms. The van der Waals surface area contributed by atoms with Crippen LogP contribution >= 0.6 is 0 Å². The Hall–Kier alpha value is -14.1. The van der Waals surface area contributed by atoms with Gasteiger partial charge in [0.15, 0.2) is 5.78 Å². The molecular weight excluding hydrogens is 1460 g/mol. The first-order valence-electron chi connectivity index (χ1n) is 37.9. The van der Waals surface area contributed by atoms with E-state index in [2.05, 4.69) is 60.3 Å². The topological polar surface area (TPSA) is 373 Å². The fourth-order valence-electron chi connectivity index (χ4n) is 16.4. The number of ketones is 1. The van der Waals surface area contributed by atoms with Gasteiger partial charge in [0, 0.05) is 114 Å². The molecule has 12 aromatic rings. The largest absolute Gasteiger partial charge is 0.444 e. The van der Waals surface area contributed by atoms with E-state index in [-0.39, 0.29) is 82.6 Å². The van der Waals surface area contributed by atoms with Crippen LogP contribution in [-0.4, -0.2) is 156 Å². The zero-order valence-electron chi connectivity index (χ0n) is 63.5. The quantitative estimate of drug-likeness (QED) is 0.0443. The Morgan fingerprint density at radius 1 is 0.522 bits per heavy atom. The lowest BCUT2D eigenvalue weighted by Gasteiger charge is -2.40. The van der Waals surface area contributed by atoms with E-state index >= 15 is 0 Å². The number of nitrogen functional groups attached to an aromatic ring is 3. The normalized spacial score (nSPS) is 18.5. The predicted octanol–water partition coefficient (Wildman–Crippen LogP) is 12.0. The van der Waals surface area contributed by atoms with Crippen LogP contribution in [0.5, 0.6) is 0 Å². The molecule has 5 atom stereocenters. The summed E-state index contributed by atoms with van der Waals surface area (Å²) in [5.41, 5.74) is 26.5. The summed E-state index contributed by atoms with van der Waals surface area (Å²) in [6, 6.07) is 36.2. The Labute approximate surface area is 660 Å². The third kappa shape index (κ3) is 14.6. The lowest BCUT2D eigenvalue weighted by atomic mass is 10.0. The summed E-state index contributed by atoms with van der Waals surface area (Å²) in [5, 5.41) is 5.66. The number of amides is 6. The number of nitrogens with one attached hydrogen (secondary N) is 2. The first-order valence-corrected chi connectivity index (χ1v) is 37.9. The van der Waals surface area contributed by atoms with Crippen molar-refractivity contribution in [2.45, 2.75) is 108 Å². The molecule has 3 aromatic carbocycles. The number of carbonyl (C=O) groups is 7. The highest BCUT2D eigenvalue weighted by Crippen LogP contribution is 2.60. The SMILES string of the molecule is C=CC(=O)N1C2C[C@@H](C1c1nc(-c3ccc(C(=O)Cc4ccccn4)cc3)c3c(N)nccn13)N(C(=O)OC(C)(C)C)C2.C=CC(=O)N1CC2(CC2)CC1c1nc(-c2cccc(C(=O)Nc3ccccn3)c2)c2c(N)nccn12.C=CC(=O)N1CC2(CC2)CC1c1nc(-c2ccccc2C(=O)Nc2ccccn2)c2c(N)nccn12. The molecule has 4 saturated heterocycles. The molecule has 29 nitrogen and oxygen atoms in total. The average Bonchev–Trinajstić information content (AvgIpc) is 1.57. The number of rotatable bonds is 16. The van der Waals surface area contributed by atoms with Crippen LogP contribution in [0.4, 0.5) is 33.9 Å². The summed E-state index contributed by atoms with van der Waals surface area (Å²) in [7, 11) is 0. The van der Waals surface area contributed by atoms with E-state index in [4.69, 9.17) is 36.9 Å². The number of piperazine rings is 1. The van der Waals surface area contributed by atoms with Crippen LogP contribution < -0.4 is 27.8 Å². The summed E-state index contributed by atoms with van der Waals surface area (Å²) >= 11 is 0. The van der Waals surface area contributed by atoms with Gasteiger partial charge in [0.25, 0.3) is 11.8 Å². The maximum atomic E-state index is 13.3.